The number of likely N-dealkylation sites (tertiary alicyclic amines) is 1. The zero-order valence-corrected chi connectivity index (χ0v) is 10.8. The minimum atomic E-state index is 0.931. The van der Waals surface area contributed by atoms with Crippen LogP contribution >= 0.6 is 11.3 Å². The molecule has 1 aromatic rings. The summed E-state index contributed by atoms with van der Waals surface area (Å²) in [6, 6.07) is 0. The molecule has 1 aliphatic rings. The van der Waals surface area contributed by atoms with Gasteiger partial charge in [0.25, 0.3) is 0 Å². The molecule has 2 heterocycles. The van der Waals surface area contributed by atoms with Crippen molar-refractivity contribution in [3.63, 3.8) is 0 Å². The second-order valence-electron chi connectivity index (χ2n) is 4.64. The van der Waals surface area contributed by atoms with Crippen LogP contribution in [0.25, 0.3) is 0 Å². The number of hydrogen-bond donors (Lipinski definition) is 1. The average Bonchev–Trinajstić information content (AvgIpc) is 2.80. The maximum atomic E-state index is 4.26. The number of thiazole rings is 1. The minimum Gasteiger partial charge on any atom is -0.310 e. The Labute approximate surface area is 102 Å². The Hall–Kier alpha value is -0.450. The predicted molar refractivity (Wildman–Crippen MR) is 68.7 cm³/mol. The number of nitrogens with one attached hydrogen (secondary N) is 1. The SMILES string of the molecule is CN1CCC(CCNCc2nccs2)CC1. The molecule has 0 amide bonds. The van der Waals surface area contributed by atoms with Crippen LogP contribution in [0.1, 0.15) is 24.3 Å². The van der Waals surface area contributed by atoms with Crippen LogP contribution < -0.4 is 5.32 Å². The van der Waals surface area contributed by atoms with Crippen LogP contribution in [-0.2, 0) is 6.54 Å². The Bertz CT molecular complexity index is 278. The average molecular weight is 239 g/mol. The van der Waals surface area contributed by atoms with Crippen LogP contribution in [0, 0.1) is 5.92 Å². The number of rotatable bonds is 5. The summed E-state index contributed by atoms with van der Waals surface area (Å²) in [5.41, 5.74) is 0. The lowest BCUT2D eigenvalue weighted by Gasteiger charge is -2.28. The van der Waals surface area contributed by atoms with Gasteiger partial charge in [-0.05, 0) is 51.9 Å². The summed E-state index contributed by atoms with van der Waals surface area (Å²) < 4.78 is 0. The molecule has 1 saturated heterocycles. The monoisotopic (exact) mass is 239 g/mol. The van der Waals surface area contributed by atoms with E-state index < -0.39 is 0 Å². The van der Waals surface area contributed by atoms with E-state index in [0.717, 1.165) is 19.0 Å². The quantitative estimate of drug-likeness (QED) is 0.796. The van der Waals surface area contributed by atoms with E-state index in [4.69, 9.17) is 0 Å². The van der Waals surface area contributed by atoms with E-state index in [1.54, 1.807) is 11.3 Å². The fourth-order valence-corrected chi connectivity index (χ4v) is 2.78. The van der Waals surface area contributed by atoms with Gasteiger partial charge in [0, 0.05) is 18.1 Å². The second kappa shape index (κ2) is 6.33. The van der Waals surface area contributed by atoms with Crippen LogP contribution in [0.2, 0.25) is 0 Å². The zero-order chi connectivity index (χ0) is 11.2. The molecule has 0 spiro atoms. The molecule has 3 nitrogen and oxygen atoms in total. The lowest BCUT2D eigenvalue weighted by molar-refractivity contribution is 0.211. The molecule has 0 radical (unpaired) electrons. The third-order valence-corrected chi connectivity index (χ3v) is 4.11. The molecule has 4 heteroatoms. The van der Waals surface area contributed by atoms with E-state index in [9.17, 15) is 0 Å². The molecule has 0 unspecified atom stereocenters. The van der Waals surface area contributed by atoms with Crippen molar-refractivity contribution in [1.82, 2.24) is 15.2 Å². The summed E-state index contributed by atoms with van der Waals surface area (Å²) in [7, 11) is 2.22. The normalized spacial score (nSPS) is 19.1. The van der Waals surface area contributed by atoms with Crippen molar-refractivity contribution in [3.8, 4) is 0 Å². The third-order valence-electron chi connectivity index (χ3n) is 3.33. The van der Waals surface area contributed by atoms with Gasteiger partial charge < -0.3 is 10.2 Å². The van der Waals surface area contributed by atoms with Gasteiger partial charge in [0.1, 0.15) is 5.01 Å². The highest BCUT2D eigenvalue weighted by atomic mass is 32.1. The maximum absolute atomic E-state index is 4.26. The Morgan fingerprint density at radius 2 is 2.31 bits per heavy atom. The van der Waals surface area contributed by atoms with Crippen LogP contribution in [0.3, 0.4) is 0 Å². The Morgan fingerprint density at radius 3 is 3.00 bits per heavy atom. The Kier molecular flexibility index (Phi) is 4.75. The van der Waals surface area contributed by atoms with Gasteiger partial charge in [-0.2, -0.15) is 0 Å². The van der Waals surface area contributed by atoms with Gasteiger partial charge in [0.05, 0.1) is 0 Å². The standard InChI is InChI=1S/C12H21N3S/c1-15-7-3-11(4-8-15)2-5-13-10-12-14-6-9-16-12/h6,9,11,13H,2-5,7-8,10H2,1H3. The molecular formula is C12H21N3S. The van der Waals surface area contributed by atoms with Crippen molar-refractivity contribution in [2.75, 3.05) is 26.7 Å². The van der Waals surface area contributed by atoms with Crippen molar-refractivity contribution >= 4 is 11.3 Å². The summed E-state index contributed by atoms with van der Waals surface area (Å²) >= 11 is 1.73. The molecular weight excluding hydrogens is 218 g/mol. The lowest BCUT2D eigenvalue weighted by Crippen LogP contribution is -2.31. The molecule has 90 valence electrons. The minimum absolute atomic E-state index is 0.931. The van der Waals surface area contributed by atoms with Gasteiger partial charge in [-0.3, -0.25) is 0 Å². The largest absolute Gasteiger partial charge is 0.310 e. The van der Waals surface area contributed by atoms with E-state index in [-0.39, 0.29) is 0 Å². The molecule has 1 aromatic heterocycles. The van der Waals surface area contributed by atoms with Gasteiger partial charge in [-0.15, -0.1) is 11.3 Å². The van der Waals surface area contributed by atoms with Crippen molar-refractivity contribution in [1.29, 1.82) is 0 Å². The third kappa shape index (κ3) is 3.85. The van der Waals surface area contributed by atoms with E-state index in [0.29, 0.717) is 0 Å². The topological polar surface area (TPSA) is 28.2 Å². The molecule has 16 heavy (non-hydrogen) atoms. The summed E-state index contributed by atoms with van der Waals surface area (Å²) in [6.07, 6.45) is 5.93. The molecule has 1 N–H and O–H groups in total. The van der Waals surface area contributed by atoms with Crippen molar-refractivity contribution in [3.05, 3.63) is 16.6 Å². The van der Waals surface area contributed by atoms with Crippen molar-refractivity contribution < 1.29 is 0 Å². The molecule has 1 fully saturated rings. The van der Waals surface area contributed by atoms with Gasteiger partial charge in [-0.1, -0.05) is 0 Å². The summed E-state index contributed by atoms with van der Waals surface area (Å²) in [5.74, 6) is 0.931. The molecule has 2 rings (SSSR count). The molecule has 1 aliphatic heterocycles. The molecule has 0 saturated carbocycles. The van der Waals surface area contributed by atoms with E-state index >= 15 is 0 Å². The molecule has 0 aromatic carbocycles. The summed E-state index contributed by atoms with van der Waals surface area (Å²) in [6.45, 7) is 4.62. The number of hydrogen-bond acceptors (Lipinski definition) is 4. The highest BCUT2D eigenvalue weighted by Gasteiger charge is 2.15. The van der Waals surface area contributed by atoms with E-state index in [1.807, 2.05) is 11.6 Å². The number of piperidine rings is 1. The van der Waals surface area contributed by atoms with Gasteiger partial charge >= 0.3 is 0 Å². The van der Waals surface area contributed by atoms with E-state index in [1.165, 1.54) is 37.4 Å². The predicted octanol–water partition coefficient (Wildman–Crippen LogP) is 1.96. The first kappa shape index (κ1) is 12.0. The number of nitrogens with zero attached hydrogens (tertiary/aromatic N) is 2. The fourth-order valence-electron chi connectivity index (χ4n) is 2.19. The smallest absolute Gasteiger partial charge is 0.106 e. The van der Waals surface area contributed by atoms with Gasteiger partial charge in [-0.25, -0.2) is 4.98 Å². The first-order valence-electron chi connectivity index (χ1n) is 6.12. The molecule has 0 aliphatic carbocycles. The Balaban J connectivity index is 1.55. The zero-order valence-electron chi connectivity index (χ0n) is 9.98. The van der Waals surface area contributed by atoms with Crippen LogP contribution in [0.5, 0.6) is 0 Å². The lowest BCUT2D eigenvalue weighted by atomic mass is 9.94. The molecule has 0 bridgehead atoms. The first-order valence-corrected chi connectivity index (χ1v) is 7.00. The van der Waals surface area contributed by atoms with Gasteiger partial charge in [0.2, 0.25) is 0 Å². The van der Waals surface area contributed by atoms with Gasteiger partial charge in [0.15, 0.2) is 0 Å². The second-order valence-corrected chi connectivity index (χ2v) is 5.62. The summed E-state index contributed by atoms with van der Waals surface area (Å²) in [5, 5.41) is 6.71. The van der Waals surface area contributed by atoms with Crippen LogP contribution in [0.15, 0.2) is 11.6 Å². The fraction of sp³-hybridized carbons (Fsp3) is 0.750. The van der Waals surface area contributed by atoms with Crippen LogP contribution in [-0.4, -0.2) is 36.6 Å². The van der Waals surface area contributed by atoms with Crippen molar-refractivity contribution in [2.24, 2.45) is 5.92 Å². The first-order chi connectivity index (χ1) is 7.84. The Morgan fingerprint density at radius 1 is 1.50 bits per heavy atom. The van der Waals surface area contributed by atoms with Crippen molar-refractivity contribution in [2.45, 2.75) is 25.8 Å². The van der Waals surface area contributed by atoms with Crippen LogP contribution in [0.4, 0.5) is 0 Å². The summed E-state index contributed by atoms with van der Waals surface area (Å²) in [4.78, 5) is 6.69. The molecule has 0 atom stereocenters. The van der Waals surface area contributed by atoms with E-state index in [2.05, 4.69) is 22.2 Å². The number of aromatic nitrogens is 1. The highest BCUT2D eigenvalue weighted by molar-refractivity contribution is 7.09. The highest BCUT2D eigenvalue weighted by Crippen LogP contribution is 2.18. The maximum Gasteiger partial charge on any atom is 0.106 e.